The van der Waals surface area contributed by atoms with Crippen LogP contribution in [-0.2, 0) is 11.3 Å². The van der Waals surface area contributed by atoms with Crippen LogP contribution in [0.25, 0.3) is 0 Å². The van der Waals surface area contributed by atoms with E-state index in [9.17, 15) is 4.79 Å². The summed E-state index contributed by atoms with van der Waals surface area (Å²) < 4.78 is 5.26. The molecule has 5 nitrogen and oxygen atoms in total. The van der Waals surface area contributed by atoms with Crippen molar-refractivity contribution in [1.29, 1.82) is 0 Å². The van der Waals surface area contributed by atoms with Crippen molar-refractivity contribution in [1.82, 2.24) is 10.3 Å². The number of hydrogen-bond donors (Lipinski definition) is 2. The van der Waals surface area contributed by atoms with Crippen LogP contribution in [0.2, 0.25) is 5.02 Å². The van der Waals surface area contributed by atoms with E-state index in [4.69, 9.17) is 16.3 Å². The van der Waals surface area contributed by atoms with Gasteiger partial charge in [-0.2, -0.15) is 0 Å². The van der Waals surface area contributed by atoms with Gasteiger partial charge >= 0.3 is 0 Å². The van der Waals surface area contributed by atoms with Crippen molar-refractivity contribution >= 4 is 23.2 Å². The average molecular weight is 320 g/mol. The molecule has 0 atom stereocenters. The lowest BCUT2D eigenvalue weighted by Crippen LogP contribution is -2.29. The minimum absolute atomic E-state index is 0.105. The molecular weight excluding hydrogens is 302 g/mol. The average Bonchev–Trinajstić information content (AvgIpc) is 2.54. The smallest absolute Gasteiger partial charge is 0.239 e. The maximum Gasteiger partial charge on any atom is 0.239 e. The molecule has 0 unspecified atom stereocenters. The summed E-state index contributed by atoms with van der Waals surface area (Å²) >= 11 is 6.05. The molecule has 116 valence electrons. The van der Waals surface area contributed by atoms with Crippen molar-refractivity contribution in [2.45, 2.75) is 13.5 Å². The fourth-order valence-electron chi connectivity index (χ4n) is 1.91. The van der Waals surface area contributed by atoms with Crippen molar-refractivity contribution in [2.75, 3.05) is 19.0 Å². The number of amides is 1. The number of aromatic nitrogens is 1. The van der Waals surface area contributed by atoms with Gasteiger partial charge in [-0.3, -0.25) is 9.78 Å². The van der Waals surface area contributed by atoms with E-state index in [1.807, 2.05) is 25.1 Å². The van der Waals surface area contributed by atoms with Crippen LogP contribution >= 0.6 is 11.6 Å². The topological polar surface area (TPSA) is 63.2 Å². The maximum atomic E-state index is 11.9. The Kier molecular flexibility index (Phi) is 5.61. The molecule has 1 aromatic heterocycles. The summed E-state index contributed by atoms with van der Waals surface area (Å²) in [6, 6.07) is 7.31. The molecule has 0 bridgehead atoms. The SMILES string of the molecule is COc1cc(Cl)c(C)cc1NCC(=O)NCc1ccncc1. The second-order valence-corrected chi connectivity index (χ2v) is 5.19. The third-order valence-electron chi connectivity index (χ3n) is 3.16. The monoisotopic (exact) mass is 319 g/mol. The zero-order valence-electron chi connectivity index (χ0n) is 12.5. The van der Waals surface area contributed by atoms with Crippen LogP contribution in [-0.4, -0.2) is 24.5 Å². The van der Waals surface area contributed by atoms with E-state index in [1.54, 1.807) is 25.6 Å². The summed E-state index contributed by atoms with van der Waals surface area (Å²) in [5.74, 6) is 0.504. The van der Waals surface area contributed by atoms with Gasteiger partial charge in [-0.25, -0.2) is 0 Å². The van der Waals surface area contributed by atoms with E-state index >= 15 is 0 Å². The molecule has 0 saturated carbocycles. The lowest BCUT2D eigenvalue weighted by molar-refractivity contribution is -0.119. The Hall–Kier alpha value is -2.27. The lowest BCUT2D eigenvalue weighted by Gasteiger charge is -2.13. The molecule has 1 amide bonds. The summed E-state index contributed by atoms with van der Waals surface area (Å²) in [7, 11) is 1.57. The molecule has 2 rings (SSSR count). The number of methoxy groups -OCH3 is 1. The van der Waals surface area contributed by atoms with Gasteiger partial charge in [0.2, 0.25) is 5.91 Å². The minimum atomic E-state index is -0.105. The molecule has 0 aliphatic carbocycles. The first-order chi connectivity index (χ1) is 10.6. The van der Waals surface area contributed by atoms with Crippen LogP contribution in [0.5, 0.6) is 5.75 Å². The number of benzene rings is 1. The predicted octanol–water partition coefficient (Wildman–Crippen LogP) is 2.78. The number of carbonyl (C=O) groups excluding carboxylic acids is 1. The second-order valence-electron chi connectivity index (χ2n) is 4.79. The number of aryl methyl sites for hydroxylation is 1. The normalized spacial score (nSPS) is 10.1. The molecule has 0 spiro atoms. The third-order valence-corrected chi connectivity index (χ3v) is 3.57. The molecule has 0 fully saturated rings. The van der Waals surface area contributed by atoms with Crippen molar-refractivity contribution < 1.29 is 9.53 Å². The number of nitrogens with zero attached hydrogens (tertiary/aromatic N) is 1. The van der Waals surface area contributed by atoms with E-state index in [0.29, 0.717) is 17.3 Å². The van der Waals surface area contributed by atoms with Gasteiger partial charge in [-0.15, -0.1) is 0 Å². The molecule has 0 saturated heterocycles. The Labute approximate surface area is 134 Å². The quantitative estimate of drug-likeness (QED) is 0.859. The predicted molar refractivity (Wildman–Crippen MR) is 87.3 cm³/mol. The molecular formula is C16H18ClN3O2. The first-order valence-electron chi connectivity index (χ1n) is 6.83. The summed E-state index contributed by atoms with van der Waals surface area (Å²) in [5, 5.41) is 6.53. The number of carbonyl (C=O) groups is 1. The van der Waals surface area contributed by atoms with Crippen molar-refractivity contribution in [3.8, 4) is 5.75 Å². The first kappa shape index (κ1) is 16.1. The van der Waals surface area contributed by atoms with Gasteiger partial charge in [-0.05, 0) is 36.2 Å². The molecule has 0 radical (unpaired) electrons. The van der Waals surface area contributed by atoms with E-state index < -0.39 is 0 Å². The summed E-state index contributed by atoms with van der Waals surface area (Å²) in [5.41, 5.74) is 2.66. The van der Waals surface area contributed by atoms with Crippen LogP contribution in [0.1, 0.15) is 11.1 Å². The van der Waals surface area contributed by atoms with Gasteiger partial charge in [0.15, 0.2) is 0 Å². The van der Waals surface area contributed by atoms with Gasteiger partial charge in [0.05, 0.1) is 19.3 Å². The molecule has 22 heavy (non-hydrogen) atoms. The van der Waals surface area contributed by atoms with E-state index in [1.165, 1.54) is 0 Å². The highest BCUT2D eigenvalue weighted by molar-refractivity contribution is 6.31. The number of anilines is 1. The Bertz CT molecular complexity index is 647. The molecule has 0 aliphatic rings. The number of halogens is 1. The van der Waals surface area contributed by atoms with Gasteiger partial charge in [0.1, 0.15) is 5.75 Å². The van der Waals surface area contributed by atoms with E-state index in [2.05, 4.69) is 15.6 Å². The Morgan fingerprint density at radius 3 is 2.73 bits per heavy atom. The number of ether oxygens (including phenoxy) is 1. The van der Waals surface area contributed by atoms with Gasteiger partial charge in [-0.1, -0.05) is 11.6 Å². The largest absolute Gasteiger partial charge is 0.495 e. The van der Waals surface area contributed by atoms with Crippen molar-refractivity contribution in [2.24, 2.45) is 0 Å². The molecule has 1 heterocycles. The Morgan fingerprint density at radius 1 is 1.32 bits per heavy atom. The van der Waals surface area contributed by atoms with Crippen molar-refractivity contribution in [3.63, 3.8) is 0 Å². The fraction of sp³-hybridized carbons (Fsp3) is 0.250. The molecule has 6 heteroatoms. The highest BCUT2D eigenvalue weighted by Crippen LogP contribution is 2.30. The van der Waals surface area contributed by atoms with Crippen LogP contribution < -0.4 is 15.4 Å². The van der Waals surface area contributed by atoms with Crippen LogP contribution in [0.3, 0.4) is 0 Å². The third kappa shape index (κ3) is 4.36. The van der Waals surface area contributed by atoms with Gasteiger partial charge in [0.25, 0.3) is 0 Å². The molecule has 2 aromatic rings. The summed E-state index contributed by atoms with van der Waals surface area (Å²) in [6.45, 7) is 2.53. The highest BCUT2D eigenvalue weighted by Gasteiger charge is 2.08. The lowest BCUT2D eigenvalue weighted by atomic mass is 10.2. The highest BCUT2D eigenvalue weighted by atomic mass is 35.5. The van der Waals surface area contributed by atoms with E-state index in [-0.39, 0.29) is 12.5 Å². The number of pyridine rings is 1. The zero-order valence-corrected chi connectivity index (χ0v) is 13.3. The van der Waals surface area contributed by atoms with Crippen LogP contribution in [0.4, 0.5) is 5.69 Å². The maximum absolute atomic E-state index is 11.9. The zero-order chi connectivity index (χ0) is 15.9. The summed E-state index contributed by atoms with van der Waals surface area (Å²) in [4.78, 5) is 15.8. The Morgan fingerprint density at radius 2 is 2.05 bits per heavy atom. The standard InChI is InChI=1S/C16H18ClN3O2/c1-11-7-14(15(22-2)8-13(11)17)19-10-16(21)20-9-12-3-5-18-6-4-12/h3-8,19H,9-10H2,1-2H3,(H,20,21). The first-order valence-corrected chi connectivity index (χ1v) is 7.21. The molecule has 1 aromatic carbocycles. The minimum Gasteiger partial charge on any atom is -0.495 e. The van der Waals surface area contributed by atoms with Gasteiger partial charge in [0, 0.05) is 30.0 Å². The fourth-order valence-corrected chi connectivity index (χ4v) is 2.06. The molecule has 0 aliphatic heterocycles. The summed E-state index contributed by atoms with van der Waals surface area (Å²) in [6.07, 6.45) is 3.39. The number of hydrogen-bond acceptors (Lipinski definition) is 4. The van der Waals surface area contributed by atoms with Crippen LogP contribution in [0.15, 0.2) is 36.7 Å². The number of rotatable bonds is 6. The second kappa shape index (κ2) is 7.66. The van der Waals surface area contributed by atoms with Gasteiger partial charge < -0.3 is 15.4 Å². The number of nitrogens with one attached hydrogen (secondary N) is 2. The van der Waals surface area contributed by atoms with E-state index in [0.717, 1.165) is 16.8 Å². The van der Waals surface area contributed by atoms with Crippen molar-refractivity contribution in [3.05, 3.63) is 52.8 Å². The Balaban J connectivity index is 1.90. The molecule has 2 N–H and O–H groups in total. The van der Waals surface area contributed by atoms with Crippen LogP contribution in [0, 0.1) is 6.92 Å².